The van der Waals surface area contributed by atoms with Crippen LogP contribution in [0.15, 0.2) is 42.7 Å². The molecular weight excluding hydrogens is 344 g/mol. The third-order valence-corrected chi connectivity index (χ3v) is 5.72. The highest BCUT2D eigenvalue weighted by atomic mass is 16.7. The Kier molecular flexibility index (Phi) is 4.11. The van der Waals surface area contributed by atoms with E-state index in [0.717, 1.165) is 48.5 Å². The average molecular weight is 366 g/mol. The van der Waals surface area contributed by atoms with Crippen molar-refractivity contribution in [3.05, 3.63) is 48.3 Å². The van der Waals surface area contributed by atoms with Gasteiger partial charge in [-0.15, -0.1) is 0 Å². The first-order valence-electron chi connectivity index (χ1n) is 9.52. The lowest BCUT2D eigenvalue weighted by molar-refractivity contribution is -0.136. The highest BCUT2D eigenvalue weighted by Crippen LogP contribution is 2.38. The second-order valence-corrected chi connectivity index (χ2v) is 7.44. The maximum Gasteiger partial charge on any atom is 0.231 e. The molecule has 2 saturated heterocycles. The fraction of sp³-hybridized carbons (Fsp3) is 0.429. The van der Waals surface area contributed by atoms with Crippen LogP contribution in [-0.4, -0.2) is 40.8 Å². The van der Waals surface area contributed by atoms with Gasteiger partial charge in [0.15, 0.2) is 11.5 Å². The molecule has 4 heterocycles. The number of nitrogens with zero attached hydrogens (tertiary/aromatic N) is 2. The summed E-state index contributed by atoms with van der Waals surface area (Å²) in [5, 5.41) is 0. The monoisotopic (exact) mass is 366 g/mol. The summed E-state index contributed by atoms with van der Waals surface area (Å²) in [5.74, 6) is 2.53. The zero-order valence-corrected chi connectivity index (χ0v) is 15.0. The number of rotatable bonds is 4. The SMILES string of the molecule is O=C(Cc1ccc2c(c1)OCO2)N1C2CCC1CC(Oc1ccncc1)C2. The largest absolute Gasteiger partial charge is 0.490 e. The van der Waals surface area contributed by atoms with Gasteiger partial charge in [0.25, 0.3) is 0 Å². The fourth-order valence-corrected chi connectivity index (χ4v) is 4.56. The van der Waals surface area contributed by atoms with E-state index >= 15 is 0 Å². The molecule has 5 rings (SSSR count). The Balaban J connectivity index is 1.24. The van der Waals surface area contributed by atoms with Gasteiger partial charge < -0.3 is 19.1 Å². The minimum Gasteiger partial charge on any atom is -0.490 e. The molecule has 3 aliphatic heterocycles. The number of aromatic nitrogens is 1. The van der Waals surface area contributed by atoms with E-state index in [1.807, 2.05) is 30.3 Å². The molecule has 2 fully saturated rings. The molecular formula is C21H22N2O4. The van der Waals surface area contributed by atoms with Crippen molar-refractivity contribution in [2.24, 2.45) is 0 Å². The van der Waals surface area contributed by atoms with Crippen LogP contribution >= 0.6 is 0 Å². The molecule has 2 atom stereocenters. The minimum absolute atomic E-state index is 0.166. The molecule has 2 bridgehead atoms. The molecule has 1 aromatic carbocycles. The van der Waals surface area contributed by atoms with E-state index in [-0.39, 0.29) is 30.9 Å². The maximum absolute atomic E-state index is 13.0. The molecule has 6 heteroatoms. The lowest BCUT2D eigenvalue weighted by Gasteiger charge is -2.39. The molecule has 0 saturated carbocycles. The molecule has 27 heavy (non-hydrogen) atoms. The van der Waals surface area contributed by atoms with Gasteiger partial charge in [-0.05, 0) is 42.7 Å². The second-order valence-electron chi connectivity index (χ2n) is 7.44. The molecule has 6 nitrogen and oxygen atoms in total. The fourth-order valence-electron chi connectivity index (χ4n) is 4.56. The van der Waals surface area contributed by atoms with Gasteiger partial charge in [0.2, 0.25) is 12.7 Å². The first-order chi connectivity index (χ1) is 13.3. The standard InChI is InChI=1S/C21H22N2O4/c24-21(10-14-1-4-19-20(9-14)26-13-25-19)23-15-2-3-16(23)12-18(11-15)27-17-5-7-22-8-6-17/h1,4-9,15-16,18H,2-3,10-13H2. The Morgan fingerprint density at radius 2 is 1.81 bits per heavy atom. The molecule has 0 spiro atoms. The number of piperidine rings is 1. The lowest BCUT2D eigenvalue weighted by Crippen LogP contribution is -2.49. The van der Waals surface area contributed by atoms with Crippen LogP contribution in [0.4, 0.5) is 0 Å². The zero-order valence-electron chi connectivity index (χ0n) is 15.0. The number of hydrogen-bond acceptors (Lipinski definition) is 5. The van der Waals surface area contributed by atoms with E-state index in [4.69, 9.17) is 14.2 Å². The predicted molar refractivity (Wildman–Crippen MR) is 97.8 cm³/mol. The van der Waals surface area contributed by atoms with Crippen LogP contribution in [0.2, 0.25) is 0 Å². The van der Waals surface area contributed by atoms with E-state index in [0.29, 0.717) is 6.42 Å². The maximum atomic E-state index is 13.0. The first kappa shape index (κ1) is 16.4. The summed E-state index contributed by atoms with van der Waals surface area (Å²) in [6, 6.07) is 10.1. The van der Waals surface area contributed by atoms with Crippen LogP contribution in [0.3, 0.4) is 0 Å². The van der Waals surface area contributed by atoms with Crippen LogP contribution in [0.1, 0.15) is 31.2 Å². The van der Waals surface area contributed by atoms with Gasteiger partial charge in [0, 0.05) is 37.3 Å². The summed E-state index contributed by atoms with van der Waals surface area (Å²) in [4.78, 5) is 19.1. The second kappa shape index (κ2) is 6.76. The molecule has 2 unspecified atom stereocenters. The number of carbonyl (C=O) groups excluding carboxylic acids is 1. The van der Waals surface area contributed by atoms with Gasteiger partial charge in [-0.25, -0.2) is 0 Å². The van der Waals surface area contributed by atoms with E-state index in [9.17, 15) is 4.79 Å². The first-order valence-corrected chi connectivity index (χ1v) is 9.52. The van der Waals surface area contributed by atoms with Gasteiger partial charge in [-0.2, -0.15) is 0 Å². The molecule has 1 amide bonds. The molecule has 0 N–H and O–H groups in total. The predicted octanol–water partition coefficient (Wildman–Crippen LogP) is 2.95. The van der Waals surface area contributed by atoms with Crippen molar-refractivity contribution in [1.29, 1.82) is 0 Å². The number of ether oxygens (including phenoxy) is 3. The molecule has 0 aliphatic carbocycles. The van der Waals surface area contributed by atoms with Crippen molar-refractivity contribution in [3.8, 4) is 17.2 Å². The van der Waals surface area contributed by atoms with Crippen molar-refractivity contribution in [1.82, 2.24) is 9.88 Å². The number of benzene rings is 1. The van der Waals surface area contributed by atoms with Crippen LogP contribution in [0.5, 0.6) is 17.2 Å². The number of hydrogen-bond donors (Lipinski definition) is 0. The molecule has 0 radical (unpaired) electrons. The van der Waals surface area contributed by atoms with Crippen LogP contribution < -0.4 is 14.2 Å². The Hall–Kier alpha value is -2.76. The van der Waals surface area contributed by atoms with Crippen molar-refractivity contribution >= 4 is 5.91 Å². The summed E-state index contributed by atoms with van der Waals surface area (Å²) in [6.45, 7) is 0.252. The molecule has 3 aliphatic rings. The zero-order chi connectivity index (χ0) is 18.2. The van der Waals surface area contributed by atoms with Crippen molar-refractivity contribution in [2.45, 2.75) is 50.3 Å². The van der Waals surface area contributed by atoms with Crippen molar-refractivity contribution in [3.63, 3.8) is 0 Å². The molecule has 2 aromatic rings. The van der Waals surface area contributed by atoms with Gasteiger partial charge in [0.05, 0.1) is 6.42 Å². The smallest absolute Gasteiger partial charge is 0.231 e. The van der Waals surface area contributed by atoms with Gasteiger partial charge in [-0.3, -0.25) is 9.78 Å². The normalized spacial score (nSPS) is 25.5. The van der Waals surface area contributed by atoms with Crippen LogP contribution in [-0.2, 0) is 11.2 Å². The number of carbonyl (C=O) groups is 1. The number of amides is 1. The van der Waals surface area contributed by atoms with Gasteiger partial charge in [-0.1, -0.05) is 6.07 Å². The summed E-state index contributed by atoms with van der Waals surface area (Å²) >= 11 is 0. The summed E-state index contributed by atoms with van der Waals surface area (Å²) < 4.78 is 16.9. The van der Waals surface area contributed by atoms with E-state index < -0.39 is 0 Å². The third-order valence-electron chi connectivity index (χ3n) is 5.72. The Morgan fingerprint density at radius 1 is 1.07 bits per heavy atom. The molecule has 1 aromatic heterocycles. The minimum atomic E-state index is 0.166. The van der Waals surface area contributed by atoms with Gasteiger partial charge >= 0.3 is 0 Å². The van der Waals surface area contributed by atoms with Gasteiger partial charge in [0.1, 0.15) is 11.9 Å². The number of pyridine rings is 1. The third kappa shape index (κ3) is 3.20. The Labute approximate surface area is 158 Å². The molecule has 140 valence electrons. The topological polar surface area (TPSA) is 60.9 Å². The van der Waals surface area contributed by atoms with E-state index in [1.165, 1.54) is 0 Å². The quantitative estimate of drug-likeness (QED) is 0.833. The lowest BCUT2D eigenvalue weighted by atomic mass is 9.98. The highest BCUT2D eigenvalue weighted by Gasteiger charge is 2.43. The van der Waals surface area contributed by atoms with E-state index in [1.54, 1.807) is 12.4 Å². The van der Waals surface area contributed by atoms with Crippen molar-refractivity contribution in [2.75, 3.05) is 6.79 Å². The highest BCUT2D eigenvalue weighted by molar-refractivity contribution is 5.80. The van der Waals surface area contributed by atoms with Crippen molar-refractivity contribution < 1.29 is 19.0 Å². The van der Waals surface area contributed by atoms with Crippen LogP contribution in [0, 0.1) is 0 Å². The summed E-state index contributed by atoms with van der Waals surface area (Å²) in [7, 11) is 0. The Bertz CT molecular complexity index is 827. The number of fused-ring (bicyclic) bond motifs is 3. The van der Waals surface area contributed by atoms with E-state index in [2.05, 4.69) is 9.88 Å². The average Bonchev–Trinajstić information content (AvgIpc) is 3.24. The van der Waals surface area contributed by atoms with Crippen LogP contribution in [0.25, 0.3) is 0 Å². The summed E-state index contributed by atoms with van der Waals surface area (Å²) in [5.41, 5.74) is 0.971. The summed E-state index contributed by atoms with van der Waals surface area (Å²) in [6.07, 6.45) is 7.97. The Morgan fingerprint density at radius 3 is 2.59 bits per heavy atom.